The van der Waals surface area contributed by atoms with Gasteiger partial charge in [0.25, 0.3) is 0 Å². The molecule has 2 heterocycles. The molecular weight excluding hydrogens is 196 g/mol. The minimum atomic E-state index is 0.204. The fourth-order valence-electron chi connectivity index (χ4n) is 1.06. The summed E-state index contributed by atoms with van der Waals surface area (Å²) in [6.45, 7) is 1.85. The van der Waals surface area contributed by atoms with Crippen LogP contribution in [-0.2, 0) is 0 Å². The predicted octanol–water partition coefficient (Wildman–Crippen LogP) is -0.0435. The number of methoxy groups -OCH3 is 1. The Labute approximate surface area is 85.9 Å². The van der Waals surface area contributed by atoms with Gasteiger partial charge in [0.15, 0.2) is 5.82 Å². The normalized spacial score (nSPS) is 10.3. The van der Waals surface area contributed by atoms with Gasteiger partial charge in [-0.25, -0.2) is 0 Å². The van der Waals surface area contributed by atoms with Crippen molar-refractivity contribution in [3.8, 4) is 11.8 Å². The van der Waals surface area contributed by atoms with Gasteiger partial charge in [-0.2, -0.15) is 14.8 Å². The van der Waals surface area contributed by atoms with Crippen LogP contribution in [0.4, 0.5) is 5.95 Å². The molecule has 2 N–H and O–H groups in total. The number of nitrogen functional groups attached to an aromatic ring is 1. The van der Waals surface area contributed by atoms with Crippen molar-refractivity contribution in [3.63, 3.8) is 0 Å². The minimum Gasteiger partial charge on any atom is -0.466 e. The summed E-state index contributed by atoms with van der Waals surface area (Å²) in [7, 11) is 1.47. The van der Waals surface area contributed by atoms with E-state index in [2.05, 4.69) is 20.3 Å². The Morgan fingerprint density at radius 3 is 2.67 bits per heavy atom. The first kappa shape index (κ1) is 9.38. The lowest BCUT2D eigenvalue weighted by Gasteiger charge is -1.99. The number of hydrogen-bond donors (Lipinski definition) is 1. The van der Waals surface area contributed by atoms with Crippen LogP contribution in [-0.4, -0.2) is 32.1 Å². The molecule has 0 aromatic carbocycles. The largest absolute Gasteiger partial charge is 0.466 e. The van der Waals surface area contributed by atoms with E-state index in [0.717, 1.165) is 5.69 Å². The number of aromatic nitrogens is 5. The van der Waals surface area contributed by atoms with E-state index in [4.69, 9.17) is 10.5 Å². The van der Waals surface area contributed by atoms with Crippen LogP contribution in [0.15, 0.2) is 12.1 Å². The second-order valence-electron chi connectivity index (χ2n) is 2.90. The van der Waals surface area contributed by atoms with Gasteiger partial charge in [0.2, 0.25) is 5.95 Å². The summed E-state index contributed by atoms with van der Waals surface area (Å²) in [6, 6.07) is 3.78. The number of nitrogens with zero attached hydrogens (tertiary/aromatic N) is 5. The highest BCUT2D eigenvalue weighted by Crippen LogP contribution is 2.11. The molecule has 0 fully saturated rings. The molecule has 0 atom stereocenters. The van der Waals surface area contributed by atoms with Gasteiger partial charge >= 0.3 is 6.01 Å². The van der Waals surface area contributed by atoms with Crippen molar-refractivity contribution in [2.24, 2.45) is 0 Å². The molecule has 0 aliphatic rings. The zero-order valence-electron chi connectivity index (χ0n) is 8.38. The number of rotatable bonds is 2. The summed E-state index contributed by atoms with van der Waals surface area (Å²) in [5.41, 5.74) is 6.45. The maximum absolute atomic E-state index is 5.63. The van der Waals surface area contributed by atoms with Crippen molar-refractivity contribution >= 4 is 5.95 Å². The van der Waals surface area contributed by atoms with E-state index in [1.807, 2.05) is 13.0 Å². The minimum absolute atomic E-state index is 0.204. The molecular formula is C8H10N6O. The van der Waals surface area contributed by atoms with Gasteiger partial charge < -0.3 is 10.5 Å². The molecule has 2 aromatic heterocycles. The van der Waals surface area contributed by atoms with Gasteiger partial charge in [-0.15, -0.1) is 10.2 Å². The molecule has 2 aromatic rings. The second-order valence-corrected chi connectivity index (χ2v) is 2.90. The fraction of sp³-hybridized carbons (Fsp3) is 0.250. The third kappa shape index (κ3) is 1.71. The van der Waals surface area contributed by atoms with Crippen LogP contribution in [0.3, 0.4) is 0 Å². The molecule has 7 heteroatoms. The average molecular weight is 206 g/mol. The zero-order valence-corrected chi connectivity index (χ0v) is 8.38. The second kappa shape index (κ2) is 3.52. The number of anilines is 1. The average Bonchev–Trinajstić information content (AvgIpc) is 2.61. The van der Waals surface area contributed by atoms with E-state index < -0.39 is 0 Å². The van der Waals surface area contributed by atoms with Gasteiger partial charge in [-0.3, -0.25) is 0 Å². The first-order valence-corrected chi connectivity index (χ1v) is 4.28. The van der Waals surface area contributed by atoms with E-state index in [9.17, 15) is 0 Å². The standard InChI is InChI=1S/C8H10N6O/c1-5-3-4-6(12-11-5)14-7(9)10-8(13-14)15-2/h3-4H,1-2H3,(H2,9,10,13). The van der Waals surface area contributed by atoms with E-state index in [1.165, 1.54) is 11.8 Å². The molecule has 0 saturated carbocycles. The van der Waals surface area contributed by atoms with Crippen LogP contribution in [0.5, 0.6) is 6.01 Å². The smallest absolute Gasteiger partial charge is 0.337 e. The summed E-state index contributed by atoms with van der Waals surface area (Å²) < 4.78 is 6.22. The third-order valence-electron chi connectivity index (χ3n) is 1.80. The van der Waals surface area contributed by atoms with Crippen LogP contribution >= 0.6 is 0 Å². The lowest BCUT2D eigenvalue weighted by molar-refractivity contribution is 0.379. The first-order chi connectivity index (χ1) is 7.20. The summed E-state index contributed by atoms with van der Waals surface area (Å²) in [5.74, 6) is 0.721. The molecule has 7 nitrogen and oxygen atoms in total. The molecule has 0 spiro atoms. The van der Waals surface area contributed by atoms with Crippen LogP contribution in [0.25, 0.3) is 5.82 Å². The Bertz CT molecular complexity index is 462. The SMILES string of the molecule is COc1nc(N)n(-c2ccc(C)nn2)n1. The Hall–Kier alpha value is -2.18. The molecule has 0 amide bonds. The molecule has 0 aliphatic carbocycles. The van der Waals surface area contributed by atoms with Crippen LogP contribution in [0.2, 0.25) is 0 Å². The quantitative estimate of drug-likeness (QED) is 0.741. The van der Waals surface area contributed by atoms with E-state index >= 15 is 0 Å². The van der Waals surface area contributed by atoms with Crippen molar-refractivity contribution in [2.75, 3.05) is 12.8 Å². The van der Waals surface area contributed by atoms with Crippen molar-refractivity contribution < 1.29 is 4.74 Å². The van der Waals surface area contributed by atoms with Gasteiger partial charge in [0.05, 0.1) is 12.8 Å². The Kier molecular flexibility index (Phi) is 2.20. The number of aryl methyl sites for hydroxylation is 1. The lowest BCUT2D eigenvalue weighted by atomic mass is 10.4. The summed E-state index contributed by atoms with van der Waals surface area (Å²) in [6.07, 6.45) is 0. The fourth-order valence-corrected chi connectivity index (χ4v) is 1.06. The van der Waals surface area contributed by atoms with Gasteiger partial charge in [-0.05, 0) is 19.1 Å². The topological polar surface area (TPSA) is 91.7 Å². The first-order valence-electron chi connectivity index (χ1n) is 4.28. The predicted molar refractivity (Wildman–Crippen MR) is 52.7 cm³/mol. The highest BCUT2D eigenvalue weighted by molar-refractivity contribution is 5.31. The van der Waals surface area contributed by atoms with Gasteiger partial charge in [0.1, 0.15) is 0 Å². The maximum Gasteiger partial charge on any atom is 0.337 e. The van der Waals surface area contributed by atoms with Crippen molar-refractivity contribution in [1.82, 2.24) is 25.0 Å². The molecule has 0 unspecified atom stereocenters. The molecule has 0 bridgehead atoms. The highest BCUT2D eigenvalue weighted by atomic mass is 16.5. The summed E-state index contributed by atoms with van der Waals surface area (Å²) in [5, 5.41) is 11.8. The molecule has 2 rings (SSSR count). The number of nitrogens with two attached hydrogens (primary N) is 1. The van der Waals surface area contributed by atoms with Gasteiger partial charge in [0, 0.05) is 0 Å². The molecule has 0 radical (unpaired) electrons. The third-order valence-corrected chi connectivity index (χ3v) is 1.80. The highest BCUT2D eigenvalue weighted by Gasteiger charge is 2.09. The van der Waals surface area contributed by atoms with Crippen LogP contribution in [0.1, 0.15) is 5.69 Å². The number of hydrogen-bond acceptors (Lipinski definition) is 6. The Morgan fingerprint density at radius 2 is 2.13 bits per heavy atom. The molecule has 0 aliphatic heterocycles. The van der Waals surface area contributed by atoms with Gasteiger partial charge in [-0.1, -0.05) is 0 Å². The summed E-state index contributed by atoms with van der Waals surface area (Å²) in [4.78, 5) is 3.87. The lowest BCUT2D eigenvalue weighted by Crippen LogP contribution is -2.05. The monoisotopic (exact) mass is 206 g/mol. The van der Waals surface area contributed by atoms with E-state index in [0.29, 0.717) is 5.82 Å². The van der Waals surface area contributed by atoms with Crippen LogP contribution in [0, 0.1) is 6.92 Å². The molecule has 0 saturated heterocycles. The van der Waals surface area contributed by atoms with Crippen molar-refractivity contribution in [2.45, 2.75) is 6.92 Å². The Balaban J connectivity index is 2.44. The van der Waals surface area contributed by atoms with Crippen LogP contribution < -0.4 is 10.5 Å². The number of ether oxygens (including phenoxy) is 1. The van der Waals surface area contributed by atoms with Crippen molar-refractivity contribution in [3.05, 3.63) is 17.8 Å². The van der Waals surface area contributed by atoms with E-state index in [1.54, 1.807) is 6.07 Å². The molecule has 78 valence electrons. The maximum atomic E-state index is 5.63. The molecule has 15 heavy (non-hydrogen) atoms. The summed E-state index contributed by atoms with van der Waals surface area (Å²) >= 11 is 0. The van der Waals surface area contributed by atoms with E-state index in [-0.39, 0.29) is 12.0 Å². The van der Waals surface area contributed by atoms with Crippen molar-refractivity contribution in [1.29, 1.82) is 0 Å². The Morgan fingerprint density at radius 1 is 1.33 bits per heavy atom. The zero-order chi connectivity index (χ0) is 10.8.